The van der Waals surface area contributed by atoms with Crippen molar-refractivity contribution < 1.29 is 5.11 Å². The van der Waals surface area contributed by atoms with Gasteiger partial charge in [0.1, 0.15) is 0 Å². The Morgan fingerprint density at radius 1 is 1.45 bits per heavy atom. The van der Waals surface area contributed by atoms with E-state index in [4.69, 9.17) is 5.73 Å². The topological polar surface area (TPSA) is 46.2 Å². The van der Waals surface area contributed by atoms with Gasteiger partial charge in [0.15, 0.2) is 0 Å². The number of hydrogen-bond donors (Lipinski definition) is 2. The minimum atomic E-state index is -0.160. The highest BCUT2D eigenvalue weighted by atomic mass is 16.3. The fourth-order valence-electron chi connectivity index (χ4n) is 1.89. The quantitative estimate of drug-likeness (QED) is 0.642. The molecule has 0 spiro atoms. The second kappa shape index (κ2) is 3.11. The van der Waals surface area contributed by atoms with Crippen molar-refractivity contribution in [3.05, 3.63) is 0 Å². The van der Waals surface area contributed by atoms with E-state index >= 15 is 0 Å². The van der Waals surface area contributed by atoms with Gasteiger partial charge in [0.05, 0.1) is 6.10 Å². The van der Waals surface area contributed by atoms with Crippen molar-refractivity contribution >= 4 is 0 Å². The minimum absolute atomic E-state index is 0.160. The van der Waals surface area contributed by atoms with Crippen LogP contribution >= 0.6 is 0 Å². The third-order valence-corrected chi connectivity index (χ3v) is 3.08. The zero-order valence-corrected chi connectivity index (χ0v) is 7.51. The Hall–Kier alpha value is -0.0800. The average molecular weight is 157 g/mol. The van der Waals surface area contributed by atoms with Gasteiger partial charge in [-0.1, -0.05) is 13.8 Å². The maximum absolute atomic E-state index is 9.73. The van der Waals surface area contributed by atoms with E-state index < -0.39 is 0 Å². The molecule has 11 heavy (non-hydrogen) atoms. The Morgan fingerprint density at radius 2 is 2.00 bits per heavy atom. The molecule has 1 fully saturated rings. The van der Waals surface area contributed by atoms with Crippen molar-refractivity contribution in [1.29, 1.82) is 0 Å². The van der Waals surface area contributed by atoms with Gasteiger partial charge in [-0.2, -0.15) is 0 Å². The van der Waals surface area contributed by atoms with Crippen LogP contribution in [-0.2, 0) is 0 Å². The van der Waals surface area contributed by atoms with Crippen LogP contribution in [0.3, 0.4) is 0 Å². The molecule has 1 aliphatic carbocycles. The van der Waals surface area contributed by atoms with E-state index in [1.165, 1.54) is 12.8 Å². The van der Waals surface area contributed by atoms with Crippen LogP contribution in [-0.4, -0.2) is 17.8 Å². The van der Waals surface area contributed by atoms with E-state index in [0.29, 0.717) is 12.5 Å². The molecule has 0 saturated heterocycles. The van der Waals surface area contributed by atoms with E-state index in [2.05, 4.69) is 13.8 Å². The fourth-order valence-corrected chi connectivity index (χ4v) is 1.89. The summed E-state index contributed by atoms with van der Waals surface area (Å²) in [5.74, 6) is 0.601. The van der Waals surface area contributed by atoms with Crippen molar-refractivity contribution in [2.24, 2.45) is 17.1 Å². The van der Waals surface area contributed by atoms with Crippen LogP contribution in [0.5, 0.6) is 0 Å². The van der Waals surface area contributed by atoms with Gasteiger partial charge in [0.2, 0.25) is 0 Å². The molecule has 0 bridgehead atoms. The van der Waals surface area contributed by atoms with Gasteiger partial charge in [-0.3, -0.25) is 0 Å². The summed E-state index contributed by atoms with van der Waals surface area (Å²) < 4.78 is 0. The molecule has 2 nitrogen and oxygen atoms in total. The summed E-state index contributed by atoms with van der Waals surface area (Å²) in [5.41, 5.74) is 5.63. The van der Waals surface area contributed by atoms with E-state index in [9.17, 15) is 5.11 Å². The Labute approximate surface area is 68.8 Å². The van der Waals surface area contributed by atoms with Crippen molar-refractivity contribution in [1.82, 2.24) is 0 Å². The van der Waals surface area contributed by atoms with E-state index in [1.54, 1.807) is 0 Å². The molecule has 0 aromatic heterocycles. The van der Waals surface area contributed by atoms with Crippen LogP contribution in [0.25, 0.3) is 0 Å². The average Bonchev–Trinajstić information content (AvgIpc) is 2.66. The predicted molar refractivity (Wildman–Crippen MR) is 46.2 cm³/mol. The monoisotopic (exact) mass is 157 g/mol. The third kappa shape index (κ3) is 1.57. The molecule has 66 valence electrons. The van der Waals surface area contributed by atoms with Crippen LogP contribution in [0, 0.1) is 11.3 Å². The molecule has 0 aromatic carbocycles. The first-order valence-corrected chi connectivity index (χ1v) is 4.51. The lowest BCUT2D eigenvalue weighted by Crippen LogP contribution is -2.29. The number of rotatable bonds is 4. The Balaban J connectivity index is 2.44. The standard InChI is InChI=1S/C9H19NO/c1-7(2)9(4-5-9)8(11)3-6-10/h7-8,11H,3-6,10H2,1-2H3. The maximum atomic E-state index is 9.73. The van der Waals surface area contributed by atoms with Gasteiger partial charge < -0.3 is 10.8 Å². The molecule has 1 atom stereocenters. The Kier molecular flexibility index (Phi) is 2.55. The highest BCUT2D eigenvalue weighted by Crippen LogP contribution is 2.55. The van der Waals surface area contributed by atoms with Crippen LogP contribution in [0.4, 0.5) is 0 Å². The van der Waals surface area contributed by atoms with Crippen LogP contribution in [0.15, 0.2) is 0 Å². The molecule has 0 amide bonds. The number of hydrogen-bond acceptors (Lipinski definition) is 2. The number of aliphatic hydroxyl groups is 1. The van der Waals surface area contributed by atoms with Gasteiger partial charge in [0.25, 0.3) is 0 Å². The summed E-state index contributed by atoms with van der Waals surface area (Å²) in [7, 11) is 0. The minimum Gasteiger partial charge on any atom is -0.392 e. The molecular weight excluding hydrogens is 138 g/mol. The lowest BCUT2D eigenvalue weighted by Gasteiger charge is -2.25. The van der Waals surface area contributed by atoms with Crippen molar-refractivity contribution in [2.45, 2.75) is 39.2 Å². The molecule has 1 saturated carbocycles. The van der Waals surface area contributed by atoms with Gasteiger partial charge in [-0.05, 0) is 37.1 Å². The van der Waals surface area contributed by atoms with Crippen molar-refractivity contribution in [3.63, 3.8) is 0 Å². The first kappa shape index (κ1) is 9.01. The molecule has 1 rings (SSSR count). The molecule has 2 heteroatoms. The van der Waals surface area contributed by atoms with Crippen molar-refractivity contribution in [2.75, 3.05) is 6.54 Å². The molecule has 0 heterocycles. The van der Waals surface area contributed by atoms with Gasteiger partial charge in [-0.25, -0.2) is 0 Å². The van der Waals surface area contributed by atoms with E-state index in [-0.39, 0.29) is 11.5 Å². The summed E-state index contributed by atoms with van der Waals surface area (Å²) in [6.45, 7) is 4.98. The molecule has 1 aliphatic rings. The lowest BCUT2D eigenvalue weighted by atomic mass is 9.85. The summed E-state index contributed by atoms with van der Waals surface area (Å²) >= 11 is 0. The summed E-state index contributed by atoms with van der Waals surface area (Å²) in [6.07, 6.45) is 2.98. The first-order valence-electron chi connectivity index (χ1n) is 4.51. The molecular formula is C9H19NO. The molecule has 0 aromatic rings. The highest BCUT2D eigenvalue weighted by molar-refractivity contribution is 5.00. The predicted octanol–water partition coefficient (Wildman–Crippen LogP) is 1.13. The normalized spacial score (nSPS) is 23.7. The molecule has 0 aliphatic heterocycles. The highest BCUT2D eigenvalue weighted by Gasteiger charge is 2.50. The number of nitrogens with two attached hydrogens (primary N) is 1. The summed E-state index contributed by atoms with van der Waals surface area (Å²) in [5, 5.41) is 9.73. The second-order valence-electron chi connectivity index (χ2n) is 3.98. The van der Waals surface area contributed by atoms with E-state index in [0.717, 1.165) is 6.42 Å². The molecule has 1 unspecified atom stereocenters. The number of aliphatic hydroxyl groups excluding tert-OH is 1. The SMILES string of the molecule is CC(C)C1(C(O)CCN)CC1. The van der Waals surface area contributed by atoms with Gasteiger partial charge in [0, 0.05) is 0 Å². The zero-order chi connectivity index (χ0) is 8.48. The van der Waals surface area contributed by atoms with Crippen LogP contribution in [0.1, 0.15) is 33.1 Å². The maximum Gasteiger partial charge on any atom is 0.0610 e. The summed E-state index contributed by atoms with van der Waals surface area (Å²) in [4.78, 5) is 0. The summed E-state index contributed by atoms with van der Waals surface area (Å²) in [6, 6.07) is 0. The van der Waals surface area contributed by atoms with Gasteiger partial charge in [-0.15, -0.1) is 0 Å². The molecule has 3 N–H and O–H groups in total. The first-order chi connectivity index (χ1) is 5.13. The Bertz CT molecular complexity index is 130. The largest absolute Gasteiger partial charge is 0.392 e. The van der Waals surface area contributed by atoms with Crippen LogP contribution < -0.4 is 5.73 Å². The molecule has 0 radical (unpaired) electrons. The van der Waals surface area contributed by atoms with Gasteiger partial charge >= 0.3 is 0 Å². The third-order valence-electron chi connectivity index (χ3n) is 3.08. The van der Waals surface area contributed by atoms with E-state index in [1.807, 2.05) is 0 Å². The lowest BCUT2D eigenvalue weighted by molar-refractivity contribution is 0.0588. The second-order valence-corrected chi connectivity index (χ2v) is 3.98. The fraction of sp³-hybridized carbons (Fsp3) is 1.00. The smallest absolute Gasteiger partial charge is 0.0610 e. The van der Waals surface area contributed by atoms with Crippen molar-refractivity contribution in [3.8, 4) is 0 Å². The zero-order valence-electron chi connectivity index (χ0n) is 7.51. The Morgan fingerprint density at radius 3 is 2.27 bits per heavy atom. The van der Waals surface area contributed by atoms with Crippen LogP contribution in [0.2, 0.25) is 0 Å².